The first-order chi connectivity index (χ1) is 19.0. The van der Waals surface area contributed by atoms with Crippen LogP contribution in [-0.2, 0) is 14.3 Å². The van der Waals surface area contributed by atoms with Crippen LogP contribution in [0.4, 0.5) is 5.69 Å². The normalized spacial score (nSPS) is 14.3. The molecule has 1 fully saturated rings. The van der Waals surface area contributed by atoms with E-state index in [1.54, 1.807) is 43.3 Å². The fraction of sp³-hybridized carbons (Fsp3) is 0.233. The second kappa shape index (κ2) is 13.6. The van der Waals surface area contributed by atoms with Gasteiger partial charge in [-0.1, -0.05) is 54.1 Å². The van der Waals surface area contributed by atoms with Crippen LogP contribution >= 0.6 is 11.6 Å². The molecular formula is C30H31ClN4O4. The SMILES string of the molecule is CCOC(=O)CN1CCN(/C(C=N)=C(\Oc2ccc(-c3ccccc3)cc2)C(=O)Nc2ccc(Cl)cc2)CC1. The van der Waals surface area contributed by atoms with Gasteiger partial charge in [0.15, 0.2) is 0 Å². The Morgan fingerprint density at radius 2 is 1.56 bits per heavy atom. The number of halogens is 1. The summed E-state index contributed by atoms with van der Waals surface area (Å²) in [5.41, 5.74) is 2.99. The van der Waals surface area contributed by atoms with Crippen molar-refractivity contribution in [1.82, 2.24) is 9.80 Å². The molecule has 0 atom stereocenters. The Balaban J connectivity index is 1.57. The molecule has 0 radical (unpaired) electrons. The van der Waals surface area contributed by atoms with Gasteiger partial charge in [0.2, 0.25) is 5.76 Å². The topological polar surface area (TPSA) is 95.0 Å². The number of esters is 1. The minimum Gasteiger partial charge on any atom is -0.465 e. The predicted molar refractivity (Wildman–Crippen MR) is 153 cm³/mol. The minimum atomic E-state index is -0.489. The number of carbonyl (C=O) groups is 2. The maximum Gasteiger partial charge on any atom is 0.320 e. The maximum atomic E-state index is 13.5. The highest BCUT2D eigenvalue weighted by Gasteiger charge is 2.26. The van der Waals surface area contributed by atoms with Gasteiger partial charge in [0.25, 0.3) is 5.91 Å². The number of ether oxygens (including phenoxy) is 2. The molecule has 202 valence electrons. The third-order valence-electron chi connectivity index (χ3n) is 6.23. The average molecular weight is 547 g/mol. The lowest BCUT2D eigenvalue weighted by atomic mass is 10.1. The Kier molecular flexibility index (Phi) is 9.72. The molecule has 3 aromatic carbocycles. The van der Waals surface area contributed by atoms with Crippen LogP contribution in [0.5, 0.6) is 5.75 Å². The highest BCUT2D eigenvalue weighted by Crippen LogP contribution is 2.25. The number of nitrogens with one attached hydrogen (secondary N) is 2. The molecule has 1 aliphatic rings. The van der Waals surface area contributed by atoms with Crippen molar-refractivity contribution in [2.24, 2.45) is 0 Å². The molecular weight excluding hydrogens is 516 g/mol. The third-order valence-corrected chi connectivity index (χ3v) is 6.48. The average Bonchev–Trinajstić information content (AvgIpc) is 2.96. The predicted octanol–water partition coefficient (Wildman–Crippen LogP) is 5.07. The van der Waals surface area contributed by atoms with Crippen molar-refractivity contribution in [2.45, 2.75) is 6.92 Å². The molecule has 0 spiro atoms. The lowest BCUT2D eigenvalue weighted by molar-refractivity contribution is -0.144. The number of allylic oxidation sites excluding steroid dienone is 1. The van der Waals surface area contributed by atoms with Crippen molar-refractivity contribution in [3.8, 4) is 16.9 Å². The molecule has 39 heavy (non-hydrogen) atoms. The molecule has 8 nitrogen and oxygen atoms in total. The lowest BCUT2D eigenvalue weighted by Crippen LogP contribution is -2.48. The maximum absolute atomic E-state index is 13.5. The Bertz CT molecular complexity index is 1300. The van der Waals surface area contributed by atoms with E-state index in [0.29, 0.717) is 54.9 Å². The van der Waals surface area contributed by atoms with Crippen molar-refractivity contribution in [1.29, 1.82) is 5.41 Å². The molecule has 1 amide bonds. The smallest absolute Gasteiger partial charge is 0.320 e. The minimum absolute atomic E-state index is 0.00579. The lowest BCUT2D eigenvalue weighted by Gasteiger charge is -2.36. The zero-order chi connectivity index (χ0) is 27.6. The number of benzene rings is 3. The molecule has 9 heteroatoms. The van der Waals surface area contributed by atoms with E-state index in [2.05, 4.69) is 5.32 Å². The van der Waals surface area contributed by atoms with E-state index in [0.717, 1.165) is 17.3 Å². The summed E-state index contributed by atoms with van der Waals surface area (Å²) in [5, 5.41) is 11.6. The second-order valence-electron chi connectivity index (χ2n) is 8.88. The Labute approximate surface area is 233 Å². The molecule has 0 unspecified atom stereocenters. The molecule has 0 aromatic heterocycles. The molecule has 2 N–H and O–H groups in total. The Morgan fingerprint density at radius 3 is 2.18 bits per heavy atom. The first-order valence-electron chi connectivity index (χ1n) is 12.7. The quantitative estimate of drug-likeness (QED) is 0.160. The molecule has 1 heterocycles. The van der Waals surface area contributed by atoms with E-state index >= 15 is 0 Å². The fourth-order valence-corrected chi connectivity index (χ4v) is 4.36. The van der Waals surface area contributed by atoms with Crippen molar-refractivity contribution in [3.63, 3.8) is 0 Å². The molecule has 3 aromatic rings. The third kappa shape index (κ3) is 7.69. The molecule has 1 aliphatic heterocycles. The van der Waals surface area contributed by atoms with Crippen molar-refractivity contribution in [2.75, 3.05) is 44.6 Å². The van der Waals surface area contributed by atoms with Crippen molar-refractivity contribution < 1.29 is 19.1 Å². The number of amides is 1. The van der Waals surface area contributed by atoms with Crippen LogP contribution in [0.25, 0.3) is 11.1 Å². The standard InChI is InChI=1S/C30H31ClN4O4/c1-2-38-28(36)21-34-16-18-35(19-17-34)27(20-32)29(30(37)33-25-12-10-24(31)11-13-25)39-26-14-8-23(9-15-26)22-6-4-3-5-7-22/h3-15,20,32H,2,16-19,21H2,1H3,(H,33,37)/b29-27-,32-20?. The first kappa shape index (κ1) is 27.9. The summed E-state index contributed by atoms with van der Waals surface area (Å²) in [6.45, 7) is 4.51. The van der Waals surface area contributed by atoms with Gasteiger partial charge in [-0.25, -0.2) is 0 Å². The summed E-state index contributed by atoms with van der Waals surface area (Å²) >= 11 is 5.99. The number of rotatable bonds is 10. The monoisotopic (exact) mass is 546 g/mol. The van der Waals surface area contributed by atoms with Gasteiger partial charge in [-0.2, -0.15) is 0 Å². The number of anilines is 1. The molecule has 1 saturated heterocycles. The summed E-state index contributed by atoms with van der Waals surface area (Å²) in [4.78, 5) is 29.3. The van der Waals surface area contributed by atoms with E-state index in [-0.39, 0.29) is 18.3 Å². The summed E-state index contributed by atoms with van der Waals surface area (Å²) in [6, 6.07) is 24.2. The van der Waals surface area contributed by atoms with Gasteiger partial charge < -0.3 is 25.1 Å². The first-order valence-corrected chi connectivity index (χ1v) is 13.1. The van der Waals surface area contributed by atoms with Gasteiger partial charge in [0, 0.05) is 43.1 Å². The van der Waals surface area contributed by atoms with E-state index < -0.39 is 5.91 Å². The van der Waals surface area contributed by atoms with E-state index in [1.165, 1.54) is 0 Å². The zero-order valence-corrected chi connectivity index (χ0v) is 22.5. The summed E-state index contributed by atoms with van der Waals surface area (Å²) in [6.07, 6.45) is 1.14. The van der Waals surface area contributed by atoms with Gasteiger partial charge in [-0.15, -0.1) is 0 Å². The molecule has 0 saturated carbocycles. The van der Waals surface area contributed by atoms with Crippen LogP contribution in [0.3, 0.4) is 0 Å². The number of piperazine rings is 1. The number of hydrogen-bond donors (Lipinski definition) is 2. The highest BCUT2D eigenvalue weighted by molar-refractivity contribution is 6.30. The van der Waals surface area contributed by atoms with Gasteiger partial charge in [-0.05, 0) is 54.4 Å². The number of nitrogens with zero attached hydrogens (tertiary/aromatic N) is 2. The highest BCUT2D eigenvalue weighted by atomic mass is 35.5. The van der Waals surface area contributed by atoms with E-state index in [9.17, 15) is 9.59 Å². The summed E-state index contributed by atoms with van der Waals surface area (Å²) in [7, 11) is 0. The van der Waals surface area contributed by atoms with Crippen LogP contribution < -0.4 is 10.1 Å². The fourth-order valence-electron chi connectivity index (χ4n) is 4.24. The van der Waals surface area contributed by atoms with Crippen molar-refractivity contribution >= 4 is 35.4 Å². The largest absolute Gasteiger partial charge is 0.465 e. The number of hydrogen-bond acceptors (Lipinski definition) is 7. The van der Waals surface area contributed by atoms with E-state index in [4.69, 9.17) is 26.5 Å². The van der Waals surface area contributed by atoms with Gasteiger partial charge in [-0.3, -0.25) is 14.5 Å². The van der Waals surface area contributed by atoms with Gasteiger partial charge in [0.1, 0.15) is 11.4 Å². The van der Waals surface area contributed by atoms with Gasteiger partial charge in [0.05, 0.1) is 13.2 Å². The summed E-state index contributed by atoms with van der Waals surface area (Å²) < 4.78 is 11.2. The van der Waals surface area contributed by atoms with Crippen LogP contribution in [-0.4, -0.2) is 67.2 Å². The van der Waals surface area contributed by atoms with E-state index in [1.807, 2.05) is 52.3 Å². The summed E-state index contributed by atoms with van der Waals surface area (Å²) in [5.74, 6) is -0.279. The van der Waals surface area contributed by atoms with Crippen molar-refractivity contribution in [3.05, 3.63) is 95.3 Å². The zero-order valence-electron chi connectivity index (χ0n) is 21.7. The molecule has 4 rings (SSSR count). The van der Waals surface area contributed by atoms with Crippen LogP contribution in [0, 0.1) is 5.41 Å². The Hall–Kier alpha value is -4.14. The van der Waals surface area contributed by atoms with Crippen LogP contribution in [0.2, 0.25) is 5.02 Å². The number of carbonyl (C=O) groups excluding carboxylic acids is 2. The second-order valence-corrected chi connectivity index (χ2v) is 9.32. The van der Waals surface area contributed by atoms with Gasteiger partial charge >= 0.3 is 5.97 Å². The molecule has 0 aliphatic carbocycles. The van der Waals surface area contributed by atoms with Crippen LogP contribution in [0.1, 0.15) is 6.92 Å². The molecule has 0 bridgehead atoms. The Morgan fingerprint density at radius 1 is 0.923 bits per heavy atom. The van der Waals surface area contributed by atoms with Crippen LogP contribution in [0.15, 0.2) is 90.3 Å².